The number of piperazine rings is 1. The van der Waals surface area contributed by atoms with E-state index in [1.165, 1.54) is 0 Å². The van der Waals surface area contributed by atoms with Gasteiger partial charge in [0.15, 0.2) is 0 Å². The van der Waals surface area contributed by atoms with E-state index in [2.05, 4.69) is 20.1 Å². The van der Waals surface area contributed by atoms with Crippen LogP contribution in [0.5, 0.6) is 5.75 Å². The Morgan fingerprint density at radius 3 is 2.66 bits per heavy atom. The zero-order valence-corrected chi connectivity index (χ0v) is 18.4. The zero-order chi connectivity index (χ0) is 22.2. The van der Waals surface area contributed by atoms with Crippen LogP contribution in [0.1, 0.15) is 23.2 Å². The van der Waals surface area contributed by atoms with Gasteiger partial charge in [-0.25, -0.2) is 4.39 Å². The summed E-state index contributed by atoms with van der Waals surface area (Å²) in [5, 5.41) is 4.00. The number of para-hydroxylation sites is 3. The number of anilines is 1. The number of rotatable bonds is 10. The Morgan fingerprint density at radius 1 is 1.03 bits per heavy atom. The molecular formula is C25H31FN4O2. The van der Waals surface area contributed by atoms with Gasteiger partial charge in [-0.15, -0.1) is 0 Å². The van der Waals surface area contributed by atoms with Gasteiger partial charge in [0.2, 0.25) is 0 Å². The van der Waals surface area contributed by atoms with Gasteiger partial charge in [-0.05, 0) is 37.6 Å². The Morgan fingerprint density at radius 2 is 1.81 bits per heavy atom. The molecule has 6 nitrogen and oxygen atoms in total. The maximum Gasteiger partial charge on any atom is 0.253 e. The summed E-state index contributed by atoms with van der Waals surface area (Å²) in [5.41, 5.74) is 2.72. The van der Waals surface area contributed by atoms with Gasteiger partial charge in [-0.2, -0.15) is 0 Å². The number of halogens is 1. The Kier molecular flexibility index (Phi) is 7.61. The maximum absolute atomic E-state index is 12.5. The van der Waals surface area contributed by atoms with E-state index < -0.39 is 6.67 Å². The molecule has 170 valence electrons. The van der Waals surface area contributed by atoms with Gasteiger partial charge in [0.1, 0.15) is 19.0 Å². The second-order valence-corrected chi connectivity index (χ2v) is 8.04. The summed E-state index contributed by atoms with van der Waals surface area (Å²) in [6, 6.07) is 15.7. The average Bonchev–Trinajstić information content (AvgIpc) is 3.27. The number of unbranched alkanes of at least 4 members (excludes halogenated alkanes) is 1. The van der Waals surface area contributed by atoms with Crippen LogP contribution in [0.15, 0.2) is 54.7 Å². The Balaban J connectivity index is 1.16. The van der Waals surface area contributed by atoms with E-state index in [-0.39, 0.29) is 12.5 Å². The molecule has 7 heteroatoms. The topological polar surface area (TPSA) is 60.6 Å². The zero-order valence-electron chi connectivity index (χ0n) is 18.4. The summed E-state index contributed by atoms with van der Waals surface area (Å²) in [5.74, 6) is 0.731. The molecule has 1 aromatic heterocycles. The van der Waals surface area contributed by atoms with Crippen molar-refractivity contribution >= 4 is 22.5 Å². The van der Waals surface area contributed by atoms with Gasteiger partial charge in [-0.1, -0.05) is 30.3 Å². The van der Waals surface area contributed by atoms with Crippen LogP contribution >= 0.6 is 0 Å². The summed E-state index contributed by atoms with van der Waals surface area (Å²) >= 11 is 0. The van der Waals surface area contributed by atoms with Gasteiger partial charge in [0.05, 0.1) is 11.3 Å². The van der Waals surface area contributed by atoms with Crippen molar-refractivity contribution in [2.75, 3.05) is 57.4 Å². The number of nitrogens with one attached hydrogen (secondary N) is 2. The van der Waals surface area contributed by atoms with E-state index in [0.29, 0.717) is 12.1 Å². The molecule has 0 spiro atoms. The molecule has 32 heavy (non-hydrogen) atoms. The standard InChI is InChI=1S/C25H31FN4O2/c26-11-18-32-24-10-4-3-9-23(24)30-16-14-29(15-17-30)13-6-5-12-27-25(31)21-19-28-22-8-2-1-7-20(21)22/h1-4,7-10,19,28H,5-6,11-18H2,(H,27,31). The molecule has 0 saturated carbocycles. The SMILES string of the molecule is O=C(NCCCCN1CCN(c2ccccc2OCCF)CC1)c1c[nH]c2ccccc12. The lowest BCUT2D eigenvalue weighted by molar-refractivity contribution is 0.0954. The molecule has 4 rings (SSSR count). The molecule has 2 N–H and O–H groups in total. The molecule has 0 unspecified atom stereocenters. The van der Waals surface area contributed by atoms with Crippen molar-refractivity contribution in [3.8, 4) is 5.75 Å². The van der Waals surface area contributed by atoms with Crippen LogP contribution in [0.2, 0.25) is 0 Å². The fourth-order valence-corrected chi connectivity index (χ4v) is 4.22. The number of amides is 1. The third kappa shape index (κ3) is 5.40. The minimum atomic E-state index is -0.482. The number of hydrogen-bond donors (Lipinski definition) is 2. The molecule has 1 aliphatic rings. The predicted molar refractivity (Wildman–Crippen MR) is 126 cm³/mol. The second-order valence-electron chi connectivity index (χ2n) is 8.04. The Bertz CT molecular complexity index is 1010. The third-order valence-corrected chi connectivity index (χ3v) is 5.93. The molecule has 3 aromatic rings. The van der Waals surface area contributed by atoms with Crippen molar-refractivity contribution in [2.24, 2.45) is 0 Å². The number of ether oxygens (including phenoxy) is 1. The predicted octanol–water partition coefficient (Wildman–Crippen LogP) is 3.85. The molecule has 0 bridgehead atoms. The highest BCUT2D eigenvalue weighted by Crippen LogP contribution is 2.28. The van der Waals surface area contributed by atoms with Gasteiger partial charge < -0.3 is 19.9 Å². The van der Waals surface area contributed by atoms with Crippen LogP contribution in [-0.2, 0) is 0 Å². The molecule has 1 amide bonds. The first kappa shape index (κ1) is 22.1. The molecule has 1 fully saturated rings. The van der Waals surface area contributed by atoms with E-state index in [9.17, 15) is 9.18 Å². The lowest BCUT2D eigenvalue weighted by Gasteiger charge is -2.36. The van der Waals surface area contributed by atoms with Gasteiger partial charge in [0.25, 0.3) is 5.91 Å². The number of benzene rings is 2. The molecular weight excluding hydrogens is 407 g/mol. The summed E-state index contributed by atoms with van der Waals surface area (Å²) in [4.78, 5) is 20.4. The number of aromatic nitrogens is 1. The quantitative estimate of drug-likeness (QED) is 0.472. The van der Waals surface area contributed by atoms with E-state index in [0.717, 1.165) is 67.9 Å². The minimum absolute atomic E-state index is 0.0234. The smallest absolute Gasteiger partial charge is 0.253 e. The Hall–Kier alpha value is -3.06. The van der Waals surface area contributed by atoms with Crippen LogP contribution in [0.4, 0.5) is 10.1 Å². The number of carbonyl (C=O) groups excluding carboxylic acids is 1. The molecule has 0 aliphatic carbocycles. The first-order chi connectivity index (χ1) is 15.8. The summed E-state index contributed by atoms with van der Waals surface area (Å²) < 4.78 is 18.0. The van der Waals surface area contributed by atoms with Gasteiger partial charge in [0, 0.05) is 49.8 Å². The highest BCUT2D eigenvalue weighted by atomic mass is 19.1. The minimum Gasteiger partial charge on any atom is -0.489 e. The molecule has 2 heterocycles. The van der Waals surface area contributed by atoms with Crippen LogP contribution < -0.4 is 15.0 Å². The number of alkyl halides is 1. The van der Waals surface area contributed by atoms with E-state index in [1.54, 1.807) is 6.20 Å². The van der Waals surface area contributed by atoms with Gasteiger partial charge >= 0.3 is 0 Å². The fourth-order valence-electron chi connectivity index (χ4n) is 4.22. The van der Waals surface area contributed by atoms with E-state index in [1.807, 2.05) is 48.5 Å². The lowest BCUT2D eigenvalue weighted by atomic mass is 10.1. The molecule has 0 radical (unpaired) electrons. The fraction of sp³-hybridized carbons (Fsp3) is 0.400. The van der Waals surface area contributed by atoms with E-state index in [4.69, 9.17) is 4.74 Å². The third-order valence-electron chi connectivity index (χ3n) is 5.93. The first-order valence-corrected chi connectivity index (χ1v) is 11.4. The van der Waals surface area contributed by atoms with Crippen molar-refractivity contribution < 1.29 is 13.9 Å². The molecule has 1 aliphatic heterocycles. The van der Waals surface area contributed by atoms with Crippen molar-refractivity contribution in [1.29, 1.82) is 0 Å². The van der Waals surface area contributed by atoms with Crippen LogP contribution in [0, 0.1) is 0 Å². The van der Waals surface area contributed by atoms with Gasteiger partial charge in [-0.3, -0.25) is 9.69 Å². The highest BCUT2D eigenvalue weighted by molar-refractivity contribution is 6.06. The number of fused-ring (bicyclic) bond motifs is 1. The summed E-state index contributed by atoms with van der Waals surface area (Å²) in [6.07, 6.45) is 3.78. The van der Waals surface area contributed by atoms with E-state index >= 15 is 0 Å². The van der Waals surface area contributed by atoms with Crippen molar-refractivity contribution in [3.63, 3.8) is 0 Å². The van der Waals surface area contributed by atoms with Crippen molar-refractivity contribution in [2.45, 2.75) is 12.8 Å². The number of hydrogen-bond acceptors (Lipinski definition) is 4. The normalized spacial score (nSPS) is 14.6. The number of nitrogens with zero attached hydrogens (tertiary/aromatic N) is 2. The summed E-state index contributed by atoms with van der Waals surface area (Å²) in [6.45, 7) is 5.13. The molecule has 0 atom stereocenters. The first-order valence-electron chi connectivity index (χ1n) is 11.4. The number of carbonyl (C=O) groups is 1. The largest absolute Gasteiger partial charge is 0.489 e. The molecule has 1 saturated heterocycles. The lowest BCUT2D eigenvalue weighted by Crippen LogP contribution is -2.46. The van der Waals surface area contributed by atoms with Crippen molar-refractivity contribution in [1.82, 2.24) is 15.2 Å². The molecule has 2 aromatic carbocycles. The van der Waals surface area contributed by atoms with Crippen molar-refractivity contribution in [3.05, 3.63) is 60.3 Å². The number of aromatic amines is 1. The maximum atomic E-state index is 12.5. The summed E-state index contributed by atoms with van der Waals surface area (Å²) in [7, 11) is 0. The van der Waals surface area contributed by atoms with Crippen LogP contribution in [0.25, 0.3) is 10.9 Å². The average molecular weight is 439 g/mol. The second kappa shape index (κ2) is 11.0. The Labute approximate surface area is 188 Å². The van der Waals surface area contributed by atoms with Crippen LogP contribution in [-0.4, -0.2) is 68.3 Å². The number of H-pyrrole nitrogens is 1. The van der Waals surface area contributed by atoms with Crippen LogP contribution in [0.3, 0.4) is 0 Å². The monoisotopic (exact) mass is 438 g/mol. The highest BCUT2D eigenvalue weighted by Gasteiger charge is 2.19.